The molecule has 3 aromatic rings. The number of H-pyrrole nitrogens is 1. The highest BCUT2D eigenvalue weighted by atomic mass is 16.5. The summed E-state index contributed by atoms with van der Waals surface area (Å²) >= 11 is 0. The first-order valence-electron chi connectivity index (χ1n) is 5.39. The quantitative estimate of drug-likeness (QED) is 0.708. The Morgan fingerprint density at radius 3 is 2.88 bits per heavy atom. The lowest BCUT2D eigenvalue weighted by Crippen LogP contribution is -1.93. The van der Waals surface area contributed by atoms with E-state index < -0.39 is 0 Å². The topological polar surface area (TPSA) is 37.9 Å². The minimum absolute atomic E-state index is 0.638. The van der Waals surface area contributed by atoms with Crippen molar-refractivity contribution in [2.24, 2.45) is 0 Å². The molecular weight excluding hydrogens is 200 g/mol. The second kappa shape index (κ2) is 3.52. The molecule has 0 atom stereocenters. The van der Waals surface area contributed by atoms with Gasteiger partial charge in [-0.15, -0.1) is 0 Å². The van der Waals surface area contributed by atoms with Crippen LogP contribution in [-0.2, 0) is 0 Å². The van der Waals surface area contributed by atoms with Crippen LogP contribution in [0.25, 0.3) is 21.9 Å². The molecule has 1 aromatic carbocycles. The molecule has 0 fully saturated rings. The molecule has 3 nitrogen and oxygen atoms in total. The molecule has 0 aliphatic heterocycles. The van der Waals surface area contributed by atoms with Crippen LogP contribution in [0.4, 0.5) is 0 Å². The molecular formula is C13H12N2O. The zero-order chi connectivity index (χ0) is 11.0. The molecule has 0 bridgehead atoms. The van der Waals surface area contributed by atoms with Gasteiger partial charge in [-0.2, -0.15) is 4.98 Å². The number of nitrogens with one attached hydrogen (secondary N) is 1. The van der Waals surface area contributed by atoms with E-state index in [4.69, 9.17) is 4.74 Å². The summed E-state index contributed by atoms with van der Waals surface area (Å²) in [7, 11) is 0. The Morgan fingerprint density at radius 2 is 2.00 bits per heavy atom. The molecule has 3 rings (SSSR count). The normalized spacial score (nSPS) is 11.1. The first-order chi connectivity index (χ1) is 7.88. The van der Waals surface area contributed by atoms with Crippen molar-refractivity contribution in [3.63, 3.8) is 0 Å². The van der Waals surface area contributed by atoms with Crippen LogP contribution in [0.1, 0.15) is 6.92 Å². The van der Waals surface area contributed by atoms with Crippen molar-refractivity contribution in [3.05, 3.63) is 36.4 Å². The van der Waals surface area contributed by atoms with Crippen LogP contribution in [-0.4, -0.2) is 16.6 Å². The van der Waals surface area contributed by atoms with Crippen LogP contribution in [0.5, 0.6) is 5.88 Å². The van der Waals surface area contributed by atoms with Gasteiger partial charge in [0.25, 0.3) is 0 Å². The third-order valence-electron chi connectivity index (χ3n) is 2.63. The highest BCUT2D eigenvalue weighted by Gasteiger charge is 2.05. The standard InChI is InChI=1S/C13H12N2O/c1-2-16-12-8-7-10-9-5-3-4-6-11(9)14-13(10)15-12/h3-8H,2H2,1H3,(H,14,15). The Bertz CT molecular complexity index is 643. The Labute approximate surface area is 93.1 Å². The maximum absolute atomic E-state index is 5.38. The van der Waals surface area contributed by atoms with Crippen molar-refractivity contribution < 1.29 is 4.74 Å². The number of para-hydroxylation sites is 1. The fraction of sp³-hybridized carbons (Fsp3) is 0.154. The maximum atomic E-state index is 5.38. The maximum Gasteiger partial charge on any atom is 0.215 e. The second-order valence-corrected chi connectivity index (χ2v) is 3.65. The van der Waals surface area contributed by atoms with Gasteiger partial charge in [-0.25, -0.2) is 0 Å². The van der Waals surface area contributed by atoms with Gasteiger partial charge in [0.15, 0.2) is 0 Å². The number of hydrogen-bond donors (Lipinski definition) is 1. The molecule has 0 amide bonds. The van der Waals surface area contributed by atoms with Gasteiger partial charge in [-0.05, 0) is 19.1 Å². The molecule has 0 aliphatic carbocycles. The Morgan fingerprint density at radius 1 is 1.12 bits per heavy atom. The van der Waals surface area contributed by atoms with Crippen molar-refractivity contribution >= 4 is 21.9 Å². The minimum Gasteiger partial charge on any atom is -0.478 e. The number of aromatic amines is 1. The van der Waals surface area contributed by atoms with E-state index in [9.17, 15) is 0 Å². The van der Waals surface area contributed by atoms with E-state index in [0.717, 1.165) is 16.6 Å². The molecule has 80 valence electrons. The van der Waals surface area contributed by atoms with E-state index in [1.807, 2.05) is 31.2 Å². The van der Waals surface area contributed by atoms with Crippen LogP contribution < -0.4 is 4.74 Å². The van der Waals surface area contributed by atoms with Crippen molar-refractivity contribution in [2.45, 2.75) is 6.92 Å². The molecule has 3 heteroatoms. The average molecular weight is 212 g/mol. The first-order valence-corrected chi connectivity index (χ1v) is 5.39. The lowest BCUT2D eigenvalue weighted by molar-refractivity contribution is 0.328. The number of hydrogen-bond acceptors (Lipinski definition) is 2. The van der Waals surface area contributed by atoms with Crippen LogP contribution >= 0.6 is 0 Å². The summed E-state index contributed by atoms with van der Waals surface area (Å²) < 4.78 is 5.38. The van der Waals surface area contributed by atoms with Crippen molar-refractivity contribution in [3.8, 4) is 5.88 Å². The van der Waals surface area contributed by atoms with E-state index in [0.29, 0.717) is 12.5 Å². The van der Waals surface area contributed by atoms with E-state index in [-0.39, 0.29) is 0 Å². The molecule has 16 heavy (non-hydrogen) atoms. The lowest BCUT2D eigenvalue weighted by Gasteiger charge is -2.00. The fourth-order valence-electron chi connectivity index (χ4n) is 1.94. The molecule has 1 N–H and O–H groups in total. The summed E-state index contributed by atoms with van der Waals surface area (Å²) in [5, 5.41) is 2.34. The molecule has 0 spiro atoms. The number of fused-ring (bicyclic) bond motifs is 3. The number of ether oxygens (including phenoxy) is 1. The van der Waals surface area contributed by atoms with E-state index in [2.05, 4.69) is 22.1 Å². The van der Waals surface area contributed by atoms with Gasteiger partial charge in [0.1, 0.15) is 5.65 Å². The number of rotatable bonds is 2. The van der Waals surface area contributed by atoms with E-state index >= 15 is 0 Å². The van der Waals surface area contributed by atoms with Gasteiger partial charge in [-0.1, -0.05) is 18.2 Å². The molecule has 0 saturated heterocycles. The van der Waals surface area contributed by atoms with Crippen LogP contribution in [0.3, 0.4) is 0 Å². The molecule has 2 aromatic heterocycles. The SMILES string of the molecule is CCOc1ccc2c(n1)[nH]c1ccccc12. The predicted molar refractivity (Wildman–Crippen MR) is 64.8 cm³/mol. The summed E-state index contributed by atoms with van der Waals surface area (Å²) in [5.74, 6) is 0.668. The lowest BCUT2D eigenvalue weighted by atomic mass is 10.2. The smallest absolute Gasteiger partial charge is 0.215 e. The Hall–Kier alpha value is -2.03. The van der Waals surface area contributed by atoms with Gasteiger partial charge >= 0.3 is 0 Å². The molecule has 0 radical (unpaired) electrons. The van der Waals surface area contributed by atoms with Gasteiger partial charge in [-0.3, -0.25) is 0 Å². The monoisotopic (exact) mass is 212 g/mol. The largest absolute Gasteiger partial charge is 0.478 e. The molecule has 0 aliphatic rings. The summed E-state index contributed by atoms with van der Waals surface area (Å²) in [5.41, 5.74) is 1.99. The predicted octanol–water partition coefficient (Wildman–Crippen LogP) is 3.11. The number of pyridine rings is 1. The van der Waals surface area contributed by atoms with Crippen molar-refractivity contribution in [2.75, 3.05) is 6.61 Å². The summed E-state index contributed by atoms with van der Waals surface area (Å²) in [6, 6.07) is 12.2. The van der Waals surface area contributed by atoms with Crippen LogP contribution in [0.15, 0.2) is 36.4 Å². The Balaban J connectivity index is 2.28. The summed E-state index contributed by atoms with van der Waals surface area (Å²) in [4.78, 5) is 7.71. The molecule has 0 saturated carbocycles. The third-order valence-corrected chi connectivity index (χ3v) is 2.63. The average Bonchev–Trinajstić information content (AvgIpc) is 2.67. The fourth-order valence-corrected chi connectivity index (χ4v) is 1.94. The van der Waals surface area contributed by atoms with Crippen LogP contribution in [0, 0.1) is 0 Å². The van der Waals surface area contributed by atoms with Gasteiger partial charge in [0.05, 0.1) is 6.61 Å². The zero-order valence-electron chi connectivity index (χ0n) is 9.03. The highest BCUT2D eigenvalue weighted by Crippen LogP contribution is 2.25. The first kappa shape index (κ1) is 9.21. The zero-order valence-corrected chi connectivity index (χ0v) is 9.03. The van der Waals surface area contributed by atoms with Gasteiger partial charge < -0.3 is 9.72 Å². The van der Waals surface area contributed by atoms with Crippen molar-refractivity contribution in [1.29, 1.82) is 0 Å². The van der Waals surface area contributed by atoms with E-state index in [1.165, 1.54) is 5.39 Å². The van der Waals surface area contributed by atoms with E-state index in [1.54, 1.807) is 0 Å². The number of benzene rings is 1. The number of aromatic nitrogens is 2. The number of nitrogens with zero attached hydrogens (tertiary/aromatic N) is 1. The molecule has 0 unspecified atom stereocenters. The minimum atomic E-state index is 0.638. The summed E-state index contributed by atoms with van der Waals surface area (Å²) in [6.45, 7) is 2.59. The van der Waals surface area contributed by atoms with Gasteiger partial charge in [0, 0.05) is 22.4 Å². The highest BCUT2D eigenvalue weighted by molar-refractivity contribution is 6.05. The Kier molecular flexibility index (Phi) is 2.03. The van der Waals surface area contributed by atoms with Gasteiger partial charge in [0.2, 0.25) is 5.88 Å². The molecule has 2 heterocycles. The van der Waals surface area contributed by atoms with Crippen LogP contribution in [0.2, 0.25) is 0 Å². The van der Waals surface area contributed by atoms with Crippen molar-refractivity contribution in [1.82, 2.24) is 9.97 Å². The second-order valence-electron chi connectivity index (χ2n) is 3.65. The third kappa shape index (κ3) is 1.33. The summed E-state index contributed by atoms with van der Waals surface area (Å²) in [6.07, 6.45) is 0.